The zero-order valence-corrected chi connectivity index (χ0v) is 13.5. The van der Waals surface area contributed by atoms with Crippen LogP contribution >= 0.6 is 11.8 Å². The molecule has 0 aliphatic heterocycles. The Bertz CT molecular complexity index is 195. The van der Waals surface area contributed by atoms with Crippen molar-refractivity contribution in [3.63, 3.8) is 0 Å². The summed E-state index contributed by atoms with van der Waals surface area (Å²) in [6, 6.07) is 0. The van der Waals surface area contributed by atoms with Crippen LogP contribution in [-0.4, -0.2) is 22.6 Å². The molecular formula is C16H32O2S. The molecule has 0 bridgehead atoms. The van der Waals surface area contributed by atoms with Crippen LogP contribution < -0.4 is 0 Å². The number of rotatable bonds is 15. The highest BCUT2D eigenvalue weighted by Gasteiger charge is 1.96. The van der Waals surface area contributed by atoms with Gasteiger partial charge in [0, 0.05) is 6.42 Å². The molecule has 19 heavy (non-hydrogen) atoms. The molecule has 0 aromatic carbocycles. The first-order chi connectivity index (χ1) is 9.27. The van der Waals surface area contributed by atoms with E-state index in [-0.39, 0.29) is 0 Å². The SMILES string of the molecule is CCCCCCSCCCCCCCCCC(=O)O. The van der Waals surface area contributed by atoms with Gasteiger partial charge in [0.1, 0.15) is 0 Å². The number of carbonyl (C=O) groups is 1. The van der Waals surface area contributed by atoms with Gasteiger partial charge in [0.25, 0.3) is 0 Å². The van der Waals surface area contributed by atoms with Gasteiger partial charge in [0.2, 0.25) is 0 Å². The fourth-order valence-electron chi connectivity index (χ4n) is 2.10. The number of aliphatic carboxylic acids is 1. The van der Waals surface area contributed by atoms with Gasteiger partial charge in [-0.25, -0.2) is 0 Å². The zero-order valence-electron chi connectivity index (χ0n) is 12.7. The van der Waals surface area contributed by atoms with Gasteiger partial charge >= 0.3 is 5.97 Å². The van der Waals surface area contributed by atoms with E-state index >= 15 is 0 Å². The fourth-order valence-corrected chi connectivity index (χ4v) is 3.12. The third-order valence-corrected chi connectivity index (χ3v) is 4.48. The summed E-state index contributed by atoms with van der Waals surface area (Å²) < 4.78 is 0. The fraction of sp³-hybridized carbons (Fsp3) is 0.938. The van der Waals surface area contributed by atoms with Gasteiger partial charge < -0.3 is 5.11 Å². The lowest BCUT2D eigenvalue weighted by atomic mass is 10.1. The van der Waals surface area contributed by atoms with Gasteiger partial charge in [0.15, 0.2) is 0 Å². The molecule has 0 aliphatic rings. The van der Waals surface area contributed by atoms with Crippen LogP contribution in [0, 0.1) is 0 Å². The predicted molar refractivity (Wildman–Crippen MR) is 86.0 cm³/mol. The topological polar surface area (TPSA) is 37.3 Å². The molecule has 0 unspecified atom stereocenters. The van der Waals surface area contributed by atoms with E-state index in [4.69, 9.17) is 5.11 Å². The summed E-state index contributed by atoms with van der Waals surface area (Å²) in [6.07, 6.45) is 14.3. The minimum Gasteiger partial charge on any atom is -0.481 e. The third kappa shape index (κ3) is 17.8. The molecule has 0 atom stereocenters. The molecule has 0 aromatic rings. The molecule has 3 heteroatoms. The number of carboxylic acids is 1. The Morgan fingerprint density at radius 2 is 1.26 bits per heavy atom. The lowest BCUT2D eigenvalue weighted by Crippen LogP contribution is -1.93. The molecule has 114 valence electrons. The van der Waals surface area contributed by atoms with Gasteiger partial charge in [-0.05, 0) is 30.8 Å². The summed E-state index contributed by atoms with van der Waals surface area (Å²) in [5.41, 5.74) is 0. The summed E-state index contributed by atoms with van der Waals surface area (Å²) in [5.74, 6) is 2.01. The van der Waals surface area contributed by atoms with Gasteiger partial charge in [-0.3, -0.25) is 4.79 Å². The van der Waals surface area contributed by atoms with Crippen molar-refractivity contribution in [3.8, 4) is 0 Å². The lowest BCUT2D eigenvalue weighted by molar-refractivity contribution is -0.137. The maximum Gasteiger partial charge on any atom is 0.303 e. The zero-order chi connectivity index (χ0) is 14.2. The third-order valence-electron chi connectivity index (χ3n) is 3.32. The predicted octanol–water partition coefficient (Wildman–Crippen LogP) is 5.51. The second-order valence-corrected chi connectivity index (χ2v) is 6.52. The van der Waals surface area contributed by atoms with Crippen molar-refractivity contribution in [1.29, 1.82) is 0 Å². The Labute approximate surface area is 123 Å². The van der Waals surface area contributed by atoms with E-state index in [1.54, 1.807) is 0 Å². The standard InChI is InChI=1S/C16H32O2S/c1-2-3-4-11-14-19-15-12-9-7-5-6-8-10-13-16(17)18/h2-15H2,1H3,(H,17,18). The molecule has 0 amide bonds. The van der Waals surface area contributed by atoms with Crippen LogP contribution in [-0.2, 0) is 4.79 Å². The summed E-state index contributed by atoms with van der Waals surface area (Å²) in [6.45, 7) is 2.26. The summed E-state index contributed by atoms with van der Waals surface area (Å²) in [5, 5.41) is 8.50. The molecule has 0 saturated carbocycles. The number of carboxylic acid groups (broad SMARTS) is 1. The Hall–Kier alpha value is -0.180. The maximum absolute atomic E-state index is 10.3. The molecule has 0 rings (SSSR count). The van der Waals surface area contributed by atoms with E-state index in [2.05, 4.69) is 18.7 Å². The van der Waals surface area contributed by atoms with Crippen molar-refractivity contribution in [3.05, 3.63) is 0 Å². The van der Waals surface area contributed by atoms with Crippen molar-refractivity contribution in [1.82, 2.24) is 0 Å². The van der Waals surface area contributed by atoms with E-state index < -0.39 is 5.97 Å². The largest absolute Gasteiger partial charge is 0.481 e. The van der Waals surface area contributed by atoms with Crippen molar-refractivity contribution < 1.29 is 9.90 Å². The van der Waals surface area contributed by atoms with E-state index in [1.807, 2.05) is 0 Å². The normalized spacial score (nSPS) is 10.8. The highest BCUT2D eigenvalue weighted by molar-refractivity contribution is 7.99. The van der Waals surface area contributed by atoms with Gasteiger partial charge in [0.05, 0.1) is 0 Å². The molecule has 2 nitrogen and oxygen atoms in total. The smallest absolute Gasteiger partial charge is 0.303 e. The average molecular weight is 288 g/mol. The van der Waals surface area contributed by atoms with Crippen LogP contribution in [0.3, 0.4) is 0 Å². The van der Waals surface area contributed by atoms with Gasteiger partial charge in [-0.15, -0.1) is 0 Å². The van der Waals surface area contributed by atoms with Crippen molar-refractivity contribution in [2.24, 2.45) is 0 Å². The number of hydrogen-bond acceptors (Lipinski definition) is 2. The van der Waals surface area contributed by atoms with Gasteiger partial charge in [-0.2, -0.15) is 11.8 Å². The first-order valence-electron chi connectivity index (χ1n) is 8.07. The molecule has 0 spiro atoms. The van der Waals surface area contributed by atoms with Crippen LogP contribution in [0.5, 0.6) is 0 Å². The van der Waals surface area contributed by atoms with Crippen molar-refractivity contribution >= 4 is 17.7 Å². The lowest BCUT2D eigenvalue weighted by Gasteiger charge is -2.02. The summed E-state index contributed by atoms with van der Waals surface area (Å²) in [7, 11) is 0. The second kappa shape index (κ2) is 15.9. The highest BCUT2D eigenvalue weighted by Crippen LogP contribution is 2.13. The Balaban J connectivity index is 2.93. The van der Waals surface area contributed by atoms with E-state index in [1.165, 1.54) is 69.3 Å². The Morgan fingerprint density at radius 1 is 0.789 bits per heavy atom. The van der Waals surface area contributed by atoms with Crippen molar-refractivity contribution in [2.45, 2.75) is 84.0 Å². The second-order valence-electron chi connectivity index (χ2n) is 5.29. The minimum absolute atomic E-state index is 0.342. The highest BCUT2D eigenvalue weighted by atomic mass is 32.2. The first kappa shape index (κ1) is 18.8. The van der Waals surface area contributed by atoms with Crippen molar-refractivity contribution in [2.75, 3.05) is 11.5 Å². The summed E-state index contributed by atoms with van der Waals surface area (Å²) >= 11 is 2.11. The number of thioether (sulfide) groups is 1. The Kier molecular flexibility index (Phi) is 15.7. The van der Waals surface area contributed by atoms with E-state index in [0.29, 0.717) is 6.42 Å². The van der Waals surface area contributed by atoms with Crippen LogP contribution in [0.25, 0.3) is 0 Å². The molecule has 1 N–H and O–H groups in total. The number of unbranched alkanes of at least 4 members (excludes halogenated alkanes) is 9. The molecule has 0 radical (unpaired) electrons. The molecule has 0 heterocycles. The van der Waals surface area contributed by atoms with Crippen LogP contribution in [0.15, 0.2) is 0 Å². The molecule has 0 saturated heterocycles. The van der Waals surface area contributed by atoms with Crippen LogP contribution in [0.4, 0.5) is 0 Å². The average Bonchev–Trinajstić information content (AvgIpc) is 2.39. The minimum atomic E-state index is -0.657. The monoisotopic (exact) mass is 288 g/mol. The molecule has 0 aliphatic carbocycles. The number of hydrogen-bond donors (Lipinski definition) is 1. The summed E-state index contributed by atoms with van der Waals surface area (Å²) in [4.78, 5) is 10.3. The quantitative estimate of drug-likeness (QED) is 0.404. The maximum atomic E-state index is 10.3. The molecule has 0 fully saturated rings. The van der Waals surface area contributed by atoms with E-state index in [9.17, 15) is 4.79 Å². The Morgan fingerprint density at radius 3 is 1.79 bits per heavy atom. The van der Waals surface area contributed by atoms with Crippen LogP contribution in [0.2, 0.25) is 0 Å². The van der Waals surface area contributed by atoms with E-state index in [0.717, 1.165) is 12.8 Å². The van der Waals surface area contributed by atoms with Gasteiger partial charge in [-0.1, -0.05) is 58.3 Å². The van der Waals surface area contributed by atoms with Crippen LogP contribution in [0.1, 0.15) is 84.0 Å². The molecular weight excluding hydrogens is 256 g/mol. The first-order valence-corrected chi connectivity index (χ1v) is 9.22. The molecule has 0 aromatic heterocycles.